The number of rotatable bonds is 2. The third-order valence-corrected chi connectivity index (χ3v) is 5.43. The Hall–Kier alpha value is -2.32. The molecule has 4 rings (SSSR count). The van der Waals surface area contributed by atoms with Crippen LogP contribution in [0.5, 0.6) is 0 Å². The van der Waals surface area contributed by atoms with Gasteiger partial charge < -0.3 is 10.5 Å². The highest BCUT2D eigenvalue weighted by Gasteiger charge is 2.25. The van der Waals surface area contributed by atoms with Crippen LogP contribution in [0, 0.1) is 17.8 Å². The Labute approximate surface area is 155 Å². The first kappa shape index (κ1) is 17.1. The van der Waals surface area contributed by atoms with E-state index in [0.29, 0.717) is 12.4 Å². The zero-order valence-electron chi connectivity index (χ0n) is 15.4. The summed E-state index contributed by atoms with van der Waals surface area (Å²) in [7, 11) is 0. The third-order valence-electron chi connectivity index (χ3n) is 5.43. The Morgan fingerprint density at radius 2 is 2.08 bits per heavy atom. The van der Waals surface area contributed by atoms with Crippen LogP contribution in [0.1, 0.15) is 61.5 Å². The van der Waals surface area contributed by atoms with E-state index in [4.69, 9.17) is 15.6 Å². The average Bonchev–Trinajstić information content (AvgIpc) is 2.99. The van der Waals surface area contributed by atoms with E-state index < -0.39 is 0 Å². The van der Waals surface area contributed by atoms with Gasteiger partial charge in [-0.15, -0.1) is 0 Å². The number of nitrogens with zero attached hydrogens (tertiary/aromatic N) is 3. The lowest BCUT2D eigenvalue weighted by molar-refractivity contribution is 0.0388. The van der Waals surface area contributed by atoms with Crippen LogP contribution in [-0.4, -0.2) is 20.9 Å². The molecule has 1 saturated carbocycles. The fourth-order valence-electron chi connectivity index (χ4n) is 3.95. The molecule has 1 aliphatic carbocycles. The van der Waals surface area contributed by atoms with Crippen LogP contribution in [-0.2, 0) is 24.3 Å². The first-order valence-corrected chi connectivity index (χ1v) is 9.63. The van der Waals surface area contributed by atoms with Gasteiger partial charge in [-0.25, -0.2) is 4.98 Å². The number of fused-ring (bicyclic) bond motifs is 1. The van der Waals surface area contributed by atoms with Gasteiger partial charge in [0.2, 0.25) is 0 Å². The highest BCUT2D eigenvalue weighted by molar-refractivity contribution is 5.45. The Balaban J connectivity index is 1.62. The maximum Gasteiger partial charge on any atom is 0.141 e. The molecular formula is C21H26N4O. The number of hydrogen-bond acceptors (Lipinski definition) is 4. The molecular weight excluding hydrogens is 324 g/mol. The Morgan fingerprint density at radius 1 is 1.23 bits per heavy atom. The Kier molecular flexibility index (Phi) is 4.94. The number of pyridine rings is 1. The summed E-state index contributed by atoms with van der Waals surface area (Å²) in [4.78, 5) is 4.10. The van der Waals surface area contributed by atoms with Crippen LogP contribution >= 0.6 is 0 Å². The fraction of sp³-hybridized carbons (Fsp3) is 0.524. The summed E-state index contributed by atoms with van der Waals surface area (Å²) < 4.78 is 8.08. The van der Waals surface area contributed by atoms with E-state index in [0.717, 1.165) is 35.7 Å². The predicted octanol–water partition coefficient (Wildman–Crippen LogP) is 3.30. The van der Waals surface area contributed by atoms with E-state index in [1.807, 2.05) is 6.07 Å². The number of hydrogen-bond donors (Lipinski definition) is 1. The van der Waals surface area contributed by atoms with Crippen LogP contribution in [0.15, 0.2) is 18.3 Å². The molecule has 26 heavy (non-hydrogen) atoms. The molecule has 2 aromatic heterocycles. The summed E-state index contributed by atoms with van der Waals surface area (Å²) in [6.45, 7) is 3.75. The standard InChI is InChI=1S/C21H26N4O/c1-15-11-20-18(14-26-15)19(9-7-16-8-10-21(22)23-12-16)24-25(20)13-17-5-3-2-4-6-17/h8,10,12,15,17H,2-6,11,13-14H2,1H3,(H2,22,23)/t15-/m1/s1. The van der Waals surface area contributed by atoms with Crippen molar-refractivity contribution < 1.29 is 4.74 Å². The summed E-state index contributed by atoms with van der Waals surface area (Å²) in [5.41, 5.74) is 9.81. The summed E-state index contributed by atoms with van der Waals surface area (Å²) >= 11 is 0. The highest BCUT2D eigenvalue weighted by atomic mass is 16.5. The van der Waals surface area contributed by atoms with Crippen molar-refractivity contribution in [2.45, 2.75) is 64.7 Å². The predicted molar refractivity (Wildman–Crippen MR) is 101 cm³/mol. The molecule has 0 radical (unpaired) electrons. The van der Waals surface area contributed by atoms with Crippen molar-refractivity contribution in [2.24, 2.45) is 5.92 Å². The molecule has 2 aromatic rings. The second-order valence-corrected chi connectivity index (χ2v) is 7.51. The minimum atomic E-state index is 0.242. The molecule has 1 aliphatic heterocycles. The van der Waals surface area contributed by atoms with Crippen molar-refractivity contribution in [1.82, 2.24) is 14.8 Å². The van der Waals surface area contributed by atoms with Crippen LogP contribution in [0.3, 0.4) is 0 Å². The normalized spacial score (nSPS) is 20.3. The van der Waals surface area contributed by atoms with Gasteiger partial charge in [0.05, 0.1) is 12.7 Å². The molecule has 0 aromatic carbocycles. The quantitative estimate of drug-likeness (QED) is 0.844. The molecule has 0 spiro atoms. The van der Waals surface area contributed by atoms with E-state index in [1.54, 1.807) is 12.3 Å². The second-order valence-electron chi connectivity index (χ2n) is 7.51. The molecule has 0 amide bonds. The summed E-state index contributed by atoms with van der Waals surface area (Å²) in [5.74, 6) is 7.66. The van der Waals surface area contributed by atoms with Crippen LogP contribution in [0.25, 0.3) is 0 Å². The van der Waals surface area contributed by atoms with Gasteiger partial charge in [0, 0.05) is 36.0 Å². The smallest absolute Gasteiger partial charge is 0.141 e. The molecule has 1 fully saturated rings. The summed E-state index contributed by atoms with van der Waals surface area (Å²) in [5, 5.41) is 4.87. The maximum absolute atomic E-state index is 5.87. The minimum absolute atomic E-state index is 0.242. The van der Waals surface area contributed by atoms with Gasteiger partial charge in [-0.3, -0.25) is 4.68 Å². The van der Waals surface area contributed by atoms with Gasteiger partial charge >= 0.3 is 0 Å². The van der Waals surface area contributed by atoms with Crippen molar-refractivity contribution in [3.8, 4) is 11.8 Å². The van der Waals surface area contributed by atoms with E-state index in [1.165, 1.54) is 37.8 Å². The molecule has 2 N–H and O–H groups in total. The van der Waals surface area contributed by atoms with Crippen LogP contribution in [0.2, 0.25) is 0 Å². The minimum Gasteiger partial charge on any atom is -0.384 e. The SMILES string of the molecule is C[C@@H]1Cc2c(c(C#Cc3ccc(N)nc3)nn2CC2CCCCC2)CO1. The summed E-state index contributed by atoms with van der Waals surface area (Å²) in [6, 6.07) is 3.66. The van der Waals surface area contributed by atoms with Gasteiger partial charge in [-0.2, -0.15) is 5.10 Å². The van der Waals surface area contributed by atoms with Crippen LogP contribution < -0.4 is 5.73 Å². The van der Waals surface area contributed by atoms with Gasteiger partial charge in [0.1, 0.15) is 11.5 Å². The number of anilines is 1. The van der Waals surface area contributed by atoms with E-state index in [2.05, 4.69) is 28.4 Å². The largest absolute Gasteiger partial charge is 0.384 e. The maximum atomic E-state index is 5.87. The fourth-order valence-corrected chi connectivity index (χ4v) is 3.95. The molecule has 5 heteroatoms. The molecule has 0 saturated heterocycles. The zero-order valence-corrected chi connectivity index (χ0v) is 15.4. The topological polar surface area (TPSA) is 66.0 Å². The Bertz CT molecular complexity index is 822. The average molecular weight is 350 g/mol. The molecule has 0 unspecified atom stereocenters. The lowest BCUT2D eigenvalue weighted by Crippen LogP contribution is -2.23. The molecule has 1 atom stereocenters. The number of nitrogens with two attached hydrogens (primary N) is 1. The second kappa shape index (κ2) is 7.51. The van der Waals surface area contributed by atoms with Gasteiger partial charge in [-0.05, 0) is 43.7 Å². The number of aromatic nitrogens is 3. The van der Waals surface area contributed by atoms with Crippen molar-refractivity contribution in [3.63, 3.8) is 0 Å². The molecule has 3 heterocycles. The van der Waals surface area contributed by atoms with Crippen molar-refractivity contribution >= 4 is 5.82 Å². The summed E-state index contributed by atoms with van der Waals surface area (Å²) in [6.07, 6.45) is 9.58. The molecule has 136 valence electrons. The zero-order chi connectivity index (χ0) is 17.9. The number of ether oxygens (including phenoxy) is 1. The molecule has 0 bridgehead atoms. The van der Waals surface area contributed by atoms with Crippen molar-refractivity contribution in [2.75, 3.05) is 5.73 Å². The highest BCUT2D eigenvalue weighted by Crippen LogP contribution is 2.28. The van der Waals surface area contributed by atoms with Crippen LogP contribution in [0.4, 0.5) is 5.82 Å². The Morgan fingerprint density at radius 3 is 2.85 bits per heavy atom. The number of nitrogen functional groups attached to an aromatic ring is 1. The van der Waals surface area contributed by atoms with E-state index >= 15 is 0 Å². The first-order valence-electron chi connectivity index (χ1n) is 9.63. The molecule has 5 nitrogen and oxygen atoms in total. The third kappa shape index (κ3) is 3.76. The van der Waals surface area contributed by atoms with Crippen molar-refractivity contribution in [3.05, 3.63) is 40.8 Å². The van der Waals surface area contributed by atoms with E-state index in [9.17, 15) is 0 Å². The van der Waals surface area contributed by atoms with Gasteiger partial charge in [0.15, 0.2) is 0 Å². The van der Waals surface area contributed by atoms with Gasteiger partial charge in [-0.1, -0.05) is 25.2 Å². The first-order chi connectivity index (χ1) is 12.7. The lowest BCUT2D eigenvalue weighted by atomic mass is 9.89. The molecule has 2 aliphatic rings. The van der Waals surface area contributed by atoms with E-state index in [-0.39, 0.29) is 6.10 Å². The van der Waals surface area contributed by atoms with Crippen molar-refractivity contribution in [1.29, 1.82) is 0 Å². The lowest BCUT2D eigenvalue weighted by Gasteiger charge is -2.24. The monoisotopic (exact) mass is 350 g/mol. The van der Waals surface area contributed by atoms with Gasteiger partial charge in [0.25, 0.3) is 0 Å².